The summed E-state index contributed by atoms with van der Waals surface area (Å²) in [6.07, 6.45) is 1.71. The van der Waals surface area contributed by atoms with E-state index in [1.165, 1.54) is 11.6 Å². The quantitative estimate of drug-likeness (QED) is 0.850. The lowest BCUT2D eigenvalue weighted by atomic mass is 9.93. The largest absolute Gasteiger partial charge is 0.294 e. The molecule has 0 saturated carbocycles. The molecule has 2 aromatic rings. The highest BCUT2D eigenvalue weighted by Crippen LogP contribution is 2.23. The van der Waals surface area contributed by atoms with Gasteiger partial charge in [0, 0.05) is 0 Å². The van der Waals surface area contributed by atoms with E-state index in [4.69, 9.17) is 4.55 Å². The van der Waals surface area contributed by atoms with Gasteiger partial charge in [-0.1, -0.05) is 43.3 Å². The van der Waals surface area contributed by atoms with E-state index in [0.717, 1.165) is 24.0 Å². The van der Waals surface area contributed by atoms with Crippen LogP contribution in [0.1, 0.15) is 36.0 Å². The first-order valence-electron chi connectivity index (χ1n) is 7.00. The van der Waals surface area contributed by atoms with Crippen molar-refractivity contribution in [2.24, 2.45) is 0 Å². The highest BCUT2D eigenvalue weighted by Gasteiger charge is 2.12. The van der Waals surface area contributed by atoms with Crippen LogP contribution >= 0.6 is 0 Å². The lowest BCUT2D eigenvalue weighted by Crippen LogP contribution is -2.02. The fourth-order valence-electron chi connectivity index (χ4n) is 2.40. The van der Waals surface area contributed by atoms with E-state index in [0.29, 0.717) is 5.92 Å². The Balaban J connectivity index is 2.13. The second-order valence-corrected chi connectivity index (χ2v) is 6.84. The third kappa shape index (κ3) is 4.16. The van der Waals surface area contributed by atoms with Gasteiger partial charge in [-0.2, -0.15) is 8.42 Å². The topological polar surface area (TPSA) is 54.4 Å². The Morgan fingerprint density at radius 2 is 1.76 bits per heavy atom. The molecule has 0 aliphatic rings. The van der Waals surface area contributed by atoms with E-state index in [2.05, 4.69) is 19.1 Å². The Morgan fingerprint density at radius 1 is 1.10 bits per heavy atom. The number of aryl methyl sites for hydroxylation is 2. The van der Waals surface area contributed by atoms with Crippen LogP contribution in [0.3, 0.4) is 0 Å². The number of rotatable bonds is 5. The lowest BCUT2D eigenvalue weighted by molar-refractivity contribution is 0.483. The first-order valence-corrected chi connectivity index (χ1v) is 8.44. The summed E-state index contributed by atoms with van der Waals surface area (Å²) in [6, 6.07) is 15.0. The van der Waals surface area contributed by atoms with Crippen LogP contribution < -0.4 is 0 Å². The zero-order valence-corrected chi connectivity index (χ0v) is 13.1. The number of hydrogen-bond donors (Lipinski definition) is 1. The first kappa shape index (κ1) is 15.7. The van der Waals surface area contributed by atoms with E-state index < -0.39 is 10.1 Å². The summed E-state index contributed by atoms with van der Waals surface area (Å²) in [5.74, 6) is 0.403. The predicted molar refractivity (Wildman–Crippen MR) is 84.2 cm³/mol. The van der Waals surface area contributed by atoms with Crippen molar-refractivity contribution in [3.8, 4) is 0 Å². The van der Waals surface area contributed by atoms with E-state index in [9.17, 15) is 8.42 Å². The standard InChI is InChI=1S/C17H20O3S/c1-13(15-6-4-3-5-7-15)8-10-16-12-17(21(18,19)20)11-9-14(16)2/h3-7,9,11-13H,8,10H2,1-2H3,(H,18,19,20). The van der Waals surface area contributed by atoms with E-state index >= 15 is 0 Å². The van der Waals surface area contributed by atoms with Gasteiger partial charge < -0.3 is 0 Å². The number of benzene rings is 2. The Kier molecular flexibility index (Phi) is 4.80. The van der Waals surface area contributed by atoms with Gasteiger partial charge in [-0.3, -0.25) is 4.55 Å². The Bertz CT molecular complexity index is 706. The molecule has 1 unspecified atom stereocenters. The highest BCUT2D eigenvalue weighted by molar-refractivity contribution is 7.85. The monoisotopic (exact) mass is 304 g/mol. The minimum Gasteiger partial charge on any atom is -0.282 e. The summed E-state index contributed by atoms with van der Waals surface area (Å²) < 4.78 is 31.6. The molecule has 0 heterocycles. The molecule has 1 N–H and O–H groups in total. The zero-order valence-electron chi connectivity index (χ0n) is 12.3. The molecule has 0 aromatic heterocycles. The second kappa shape index (κ2) is 6.41. The molecule has 0 fully saturated rings. The molecular formula is C17H20O3S. The van der Waals surface area contributed by atoms with Crippen LogP contribution in [0.25, 0.3) is 0 Å². The minimum absolute atomic E-state index is 0.0320. The molecule has 0 bridgehead atoms. The van der Waals surface area contributed by atoms with Crippen LogP contribution in [-0.4, -0.2) is 13.0 Å². The van der Waals surface area contributed by atoms with Crippen molar-refractivity contribution in [2.45, 2.75) is 37.5 Å². The van der Waals surface area contributed by atoms with E-state index in [-0.39, 0.29) is 4.90 Å². The van der Waals surface area contributed by atoms with Crippen LogP contribution in [0, 0.1) is 6.92 Å². The second-order valence-electron chi connectivity index (χ2n) is 5.41. The molecule has 21 heavy (non-hydrogen) atoms. The van der Waals surface area contributed by atoms with Gasteiger partial charge in [0.05, 0.1) is 4.90 Å². The van der Waals surface area contributed by atoms with Crippen molar-refractivity contribution in [3.63, 3.8) is 0 Å². The average Bonchev–Trinajstić information content (AvgIpc) is 2.45. The summed E-state index contributed by atoms with van der Waals surface area (Å²) in [5.41, 5.74) is 3.29. The molecule has 0 radical (unpaired) electrons. The minimum atomic E-state index is -4.13. The normalized spacial score (nSPS) is 13.1. The average molecular weight is 304 g/mol. The summed E-state index contributed by atoms with van der Waals surface area (Å²) >= 11 is 0. The SMILES string of the molecule is Cc1ccc(S(=O)(=O)O)cc1CCC(C)c1ccccc1. The molecule has 3 nitrogen and oxygen atoms in total. The summed E-state index contributed by atoms with van der Waals surface area (Å²) in [5, 5.41) is 0. The van der Waals surface area contributed by atoms with Crippen molar-refractivity contribution < 1.29 is 13.0 Å². The van der Waals surface area contributed by atoms with E-state index in [1.54, 1.807) is 12.1 Å². The lowest BCUT2D eigenvalue weighted by Gasteiger charge is -2.13. The predicted octanol–water partition coefficient (Wildman–Crippen LogP) is 3.98. The molecular weight excluding hydrogens is 284 g/mol. The van der Waals surface area contributed by atoms with Crippen LogP contribution in [0.4, 0.5) is 0 Å². The van der Waals surface area contributed by atoms with Gasteiger partial charge in [0.15, 0.2) is 0 Å². The molecule has 1 atom stereocenters. The third-order valence-electron chi connectivity index (χ3n) is 3.83. The Morgan fingerprint density at radius 3 is 2.38 bits per heavy atom. The highest BCUT2D eigenvalue weighted by atomic mass is 32.2. The van der Waals surface area contributed by atoms with Crippen LogP contribution in [0.2, 0.25) is 0 Å². The van der Waals surface area contributed by atoms with Crippen molar-refractivity contribution in [3.05, 3.63) is 65.2 Å². The molecule has 0 amide bonds. The molecule has 2 aromatic carbocycles. The van der Waals surface area contributed by atoms with E-state index in [1.807, 2.05) is 25.1 Å². The maximum Gasteiger partial charge on any atom is 0.294 e. The summed E-state index contributed by atoms with van der Waals surface area (Å²) in [4.78, 5) is -0.0320. The fourth-order valence-corrected chi connectivity index (χ4v) is 2.93. The van der Waals surface area contributed by atoms with Gasteiger partial charge in [-0.25, -0.2) is 0 Å². The molecule has 0 saturated heterocycles. The summed E-state index contributed by atoms with van der Waals surface area (Å²) in [7, 11) is -4.13. The van der Waals surface area contributed by atoms with Crippen LogP contribution in [-0.2, 0) is 16.5 Å². The zero-order chi connectivity index (χ0) is 15.5. The smallest absolute Gasteiger partial charge is 0.282 e. The molecule has 0 aliphatic carbocycles. The van der Waals surface area contributed by atoms with Crippen molar-refractivity contribution >= 4 is 10.1 Å². The Hall–Kier alpha value is -1.65. The van der Waals surface area contributed by atoms with Gasteiger partial charge in [-0.15, -0.1) is 0 Å². The molecule has 112 valence electrons. The van der Waals surface area contributed by atoms with Gasteiger partial charge in [0.25, 0.3) is 10.1 Å². The maximum atomic E-state index is 11.2. The summed E-state index contributed by atoms with van der Waals surface area (Å²) in [6.45, 7) is 4.12. The van der Waals surface area contributed by atoms with Crippen LogP contribution in [0.5, 0.6) is 0 Å². The van der Waals surface area contributed by atoms with Gasteiger partial charge in [0.1, 0.15) is 0 Å². The van der Waals surface area contributed by atoms with Gasteiger partial charge >= 0.3 is 0 Å². The third-order valence-corrected chi connectivity index (χ3v) is 4.68. The van der Waals surface area contributed by atoms with Gasteiger partial charge in [0.2, 0.25) is 0 Å². The van der Waals surface area contributed by atoms with Crippen molar-refractivity contribution in [2.75, 3.05) is 0 Å². The van der Waals surface area contributed by atoms with Crippen molar-refractivity contribution in [1.29, 1.82) is 0 Å². The maximum absolute atomic E-state index is 11.2. The molecule has 2 rings (SSSR count). The van der Waals surface area contributed by atoms with Crippen LogP contribution in [0.15, 0.2) is 53.4 Å². The fraction of sp³-hybridized carbons (Fsp3) is 0.294. The Labute approximate surface area is 126 Å². The number of hydrogen-bond acceptors (Lipinski definition) is 2. The van der Waals surface area contributed by atoms with Crippen molar-refractivity contribution in [1.82, 2.24) is 0 Å². The molecule has 0 aliphatic heterocycles. The first-order chi connectivity index (χ1) is 9.88. The van der Waals surface area contributed by atoms with Gasteiger partial charge in [-0.05, 0) is 54.5 Å². The molecule has 0 spiro atoms. The molecule has 4 heteroatoms.